The zero-order chi connectivity index (χ0) is 17.9. The van der Waals surface area contributed by atoms with Gasteiger partial charge in [0.05, 0.1) is 0 Å². The molecule has 2 aromatic rings. The lowest BCUT2D eigenvalue weighted by Gasteiger charge is -2.23. The van der Waals surface area contributed by atoms with E-state index in [9.17, 15) is 4.79 Å². The number of rotatable bonds is 4. The van der Waals surface area contributed by atoms with Crippen LogP contribution in [0.25, 0.3) is 0 Å². The molecule has 0 bridgehead atoms. The number of carbonyl (C=O) groups is 1. The van der Waals surface area contributed by atoms with Gasteiger partial charge in [0.1, 0.15) is 11.5 Å². The Kier molecular flexibility index (Phi) is 5.55. The standard InChI is InChI=1S/C20H23ClO3/c1-13-6-8-18(16(10-13)20(3,4)5)23-12-19(22)24-17-9-7-15(21)11-14(17)2/h6-11H,12H2,1-5H3. The van der Waals surface area contributed by atoms with E-state index in [1.54, 1.807) is 18.2 Å². The number of hydrogen-bond donors (Lipinski definition) is 0. The number of benzene rings is 2. The molecule has 0 heterocycles. The summed E-state index contributed by atoms with van der Waals surface area (Å²) in [6.45, 7) is 10.1. The zero-order valence-corrected chi connectivity index (χ0v) is 15.5. The first-order valence-electron chi connectivity index (χ1n) is 7.87. The normalized spacial score (nSPS) is 11.2. The van der Waals surface area contributed by atoms with Crippen molar-refractivity contribution in [1.82, 2.24) is 0 Å². The second-order valence-corrected chi connectivity index (χ2v) is 7.36. The van der Waals surface area contributed by atoms with E-state index in [2.05, 4.69) is 26.8 Å². The lowest BCUT2D eigenvalue weighted by atomic mass is 9.85. The largest absolute Gasteiger partial charge is 0.482 e. The molecular formula is C20H23ClO3. The molecular weight excluding hydrogens is 324 g/mol. The fourth-order valence-electron chi connectivity index (χ4n) is 2.37. The number of ether oxygens (including phenoxy) is 2. The summed E-state index contributed by atoms with van der Waals surface area (Å²) in [4.78, 5) is 12.1. The van der Waals surface area contributed by atoms with Gasteiger partial charge in [0.2, 0.25) is 0 Å². The molecule has 0 spiro atoms. The van der Waals surface area contributed by atoms with E-state index in [1.165, 1.54) is 0 Å². The third-order valence-electron chi connectivity index (χ3n) is 3.65. The Balaban J connectivity index is 2.07. The van der Waals surface area contributed by atoms with E-state index < -0.39 is 5.97 Å². The molecule has 0 aliphatic heterocycles. The molecule has 0 saturated carbocycles. The van der Waals surface area contributed by atoms with Gasteiger partial charge >= 0.3 is 5.97 Å². The summed E-state index contributed by atoms with van der Waals surface area (Å²) in [5.74, 6) is 0.756. The van der Waals surface area contributed by atoms with Gasteiger partial charge in [-0.05, 0) is 54.7 Å². The monoisotopic (exact) mass is 346 g/mol. The van der Waals surface area contributed by atoms with E-state index in [-0.39, 0.29) is 12.0 Å². The number of carbonyl (C=O) groups excluding carboxylic acids is 1. The average Bonchev–Trinajstić information content (AvgIpc) is 2.48. The summed E-state index contributed by atoms with van der Waals surface area (Å²) >= 11 is 5.90. The first kappa shape index (κ1) is 18.3. The number of hydrogen-bond acceptors (Lipinski definition) is 3. The topological polar surface area (TPSA) is 35.5 Å². The molecule has 0 aliphatic carbocycles. The molecule has 128 valence electrons. The van der Waals surface area contributed by atoms with E-state index in [0.717, 1.165) is 16.7 Å². The quantitative estimate of drug-likeness (QED) is 0.561. The number of halogens is 1. The van der Waals surface area contributed by atoms with E-state index >= 15 is 0 Å². The minimum absolute atomic E-state index is 0.0714. The van der Waals surface area contributed by atoms with E-state index in [4.69, 9.17) is 21.1 Å². The maximum Gasteiger partial charge on any atom is 0.349 e. The average molecular weight is 347 g/mol. The minimum atomic E-state index is -0.444. The third-order valence-corrected chi connectivity index (χ3v) is 3.88. The van der Waals surface area contributed by atoms with Gasteiger partial charge in [0.15, 0.2) is 6.61 Å². The Morgan fingerprint density at radius 1 is 1.04 bits per heavy atom. The van der Waals surface area contributed by atoms with Crippen molar-refractivity contribution in [2.75, 3.05) is 6.61 Å². The molecule has 0 radical (unpaired) electrons. The summed E-state index contributed by atoms with van der Waals surface area (Å²) in [7, 11) is 0. The van der Waals surface area contributed by atoms with Crippen molar-refractivity contribution in [1.29, 1.82) is 0 Å². The van der Waals surface area contributed by atoms with Crippen LogP contribution < -0.4 is 9.47 Å². The SMILES string of the molecule is Cc1ccc(OCC(=O)Oc2ccc(Cl)cc2C)c(C(C)(C)C)c1. The smallest absolute Gasteiger partial charge is 0.349 e. The Hall–Kier alpha value is -2.00. The van der Waals surface area contributed by atoms with Crippen molar-refractivity contribution in [3.8, 4) is 11.5 Å². The summed E-state index contributed by atoms with van der Waals surface area (Å²) in [5.41, 5.74) is 2.96. The summed E-state index contributed by atoms with van der Waals surface area (Å²) in [5, 5.41) is 0.609. The third kappa shape index (κ3) is 4.75. The van der Waals surface area contributed by atoms with Crippen molar-refractivity contribution < 1.29 is 14.3 Å². The highest BCUT2D eigenvalue weighted by atomic mass is 35.5. The zero-order valence-electron chi connectivity index (χ0n) is 14.8. The van der Waals surface area contributed by atoms with Gasteiger partial charge in [-0.2, -0.15) is 0 Å². The van der Waals surface area contributed by atoms with Crippen molar-refractivity contribution in [3.63, 3.8) is 0 Å². The maximum atomic E-state index is 12.1. The molecule has 0 aromatic heterocycles. The van der Waals surface area contributed by atoms with Gasteiger partial charge in [-0.3, -0.25) is 0 Å². The molecule has 3 nitrogen and oxygen atoms in total. The maximum absolute atomic E-state index is 12.1. The molecule has 0 N–H and O–H groups in total. The summed E-state index contributed by atoms with van der Waals surface area (Å²) < 4.78 is 11.1. The lowest BCUT2D eigenvalue weighted by molar-refractivity contribution is -0.136. The van der Waals surface area contributed by atoms with Gasteiger partial charge in [-0.25, -0.2) is 4.79 Å². The van der Waals surface area contributed by atoms with Crippen molar-refractivity contribution in [3.05, 3.63) is 58.1 Å². The Morgan fingerprint density at radius 3 is 2.33 bits per heavy atom. The highest BCUT2D eigenvalue weighted by Gasteiger charge is 2.20. The summed E-state index contributed by atoms with van der Waals surface area (Å²) in [6.07, 6.45) is 0. The van der Waals surface area contributed by atoms with Gasteiger partial charge in [-0.1, -0.05) is 50.1 Å². The molecule has 0 fully saturated rings. The van der Waals surface area contributed by atoms with Crippen LogP contribution in [0.5, 0.6) is 11.5 Å². The van der Waals surface area contributed by atoms with Crippen molar-refractivity contribution in [2.24, 2.45) is 0 Å². The Bertz CT molecular complexity index is 745. The van der Waals surface area contributed by atoms with Crippen LogP contribution in [0.15, 0.2) is 36.4 Å². The summed E-state index contributed by atoms with van der Waals surface area (Å²) in [6, 6.07) is 11.1. The Labute approximate surface area is 148 Å². The molecule has 0 aliphatic rings. The van der Waals surface area contributed by atoms with Crippen molar-refractivity contribution in [2.45, 2.75) is 40.0 Å². The van der Waals surface area contributed by atoms with Crippen LogP contribution in [0.1, 0.15) is 37.5 Å². The highest BCUT2D eigenvalue weighted by Crippen LogP contribution is 2.32. The predicted octanol–water partition coefficient (Wildman–Crippen LogP) is 5.24. The van der Waals surface area contributed by atoms with Crippen LogP contribution >= 0.6 is 11.6 Å². The van der Waals surface area contributed by atoms with Gasteiger partial charge < -0.3 is 9.47 Å². The Morgan fingerprint density at radius 2 is 1.71 bits per heavy atom. The predicted molar refractivity (Wildman–Crippen MR) is 97.2 cm³/mol. The first-order chi connectivity index (χ1) is 11.2. The van der Waals surface area contributed by atoms with Crippen LogP contribution in [0.2, 0.25) is 5.02 Å². The fraction of sp³-hybridized carbons (Fsp3) is 0.350. The van der Waals surface area contributed by atoms with Crippen LogP contribution in [0, 0.1) is 13.8 Å². The molecule has 0 unspecified atom stereocenters. The molecule has 2 rings (SSSR count). The van der Waals surface area contributed by atoms with Crippen LogP contribution in [-0.2, 0) is 10.2 Å². The van der Waals surface area contributed by atoms with Crippen molar-refractivity contribution >= 4 is 17.6 Å². The van der Waals surface area contributed by atoms with E-state index in [0.29, 0.717) is 16.5 Å². The molecule has 0 atom stereocenters. The highest BCUT2D eigenvalue weighted by molar-refractivity contribution is 6.30. The van der Waals surface area contributed by atoms with Gasteiger partial charge in [0, 0.05) is 5.02 Å². The van der Waals surface area contributed by atoms with Crippen LogP contribution in [-0.4, -0.2) is 12.6 Å². The molecule has 24 heavy (non-hydrogen) atoms. The van der Waals surface area contributed by atoms with Crippen LogP contribution in [0.4, 0.5) is 0 Å². The fourth-order valence-corrected chi connectivity index (χ4v) is 2.60. The number of aryl methyl sites for hydroxylation is 2. The first-order valence-corrected chi connectivity index (χ1v) is 8.25. The van der Waals surface area contributed by atoms with E-state index in [1.807, 2.05) is 26.0 Å². The molecule has 0 amide bonds. The number of esters is 1. The molecule has 4 heteroatoms. The van der Waals surface area contributed by atoms with Gasteiger partial charge in [0.25, 0.3) is 0 Å². The minimum Gasteiger partial charge on any atom is -0.482 e. The molecule has 0 saturated heterocycles. The van der Waals surface area contributed by atoms with Gasteiger partial charge in [-0.15, -0.1) is 0 Å². The molecule has 2 aromatic carbocycles. The second kappa shape index (κ2) is 7.27. The second-order valence-electron chi connectivity index (χ2n) is 6.92. The van der Waals surface area contributed by atoms with Crippen LogP contribution in [0.3, 0.4) is 0 Å². The lowest BCUT2D eigenvalue weighted by Crippen LogP contribution is -2.20.